The minimum Gasteiger partial charge on any atom is -0.356 e. The van der Waals surface area contributed by atoms with Crippen LogP contribution in [0.15, 0.2) is 60.1 Å². The first-order chi connectivity index (χ1) is 12.4. The summed E-state index contributed by atoms with van der Waals surface area (Å²) < 4.78 is 3.87. The Bertz CT molecular complexity index is 776. The zero-order valence-corrected chi connectivity index (χ0v) is 14.2. The molecule has 2 aromatic heterocycles. The van der Waals surface area contributed by atoms with Gasteiger partial charge in [0.25, 0.3) is 0 Å². The molecule has 25 heavy (non-hydrogen) atoms. The van der Waals surface area contributed by atoms with Gasteiger partial charge < -0.3 is 10.6 Å². The Morgan fingerprint density at radius 3 is 2.80 bits per heavy atom. The van der Waals surface area contributed by atoms with Crippen molar-refractivity contribution in [1.29, 1.82) is 0 Å². The second-order valence-electron chi connectivity index (χ2n) is 5.43. The number of guanidine groups is 1. The number of nitrogens with one attached hydrogen (secondary N) is 2. The average Bonchev–Trinajstić information content (AvgIpc) is 3.33. The summed E-state index contributed by atoms with van der Waals surface area (Å²) in [6.07, 6.45) is 6.43. The average molecular weight is 338 g/mol. The molecule has 3 aromatic rings. The summed E-state index contributed by atoms with van der Waals surface area (Å²) in [5.41, 5.74) is 1.03. The summed E-state index contributed by atoms with van der Waals surface area (Å²) in [5, 5.41) is 18.9. The predicted octanol–water partition coefficient (Wildman–Crippen LogP) is 1.22. The maximum atomic E-state index is 4.24. The van der Waals surface area contributed by atoms with Crippen molar-refractivity contribution in [1.82, 2.24) is 35.2 Å². The third kappa shape index (κ3) is 4.66. The highest BCUT2D eigenvalue weighted by Crippen LogP contribution is 2.08. The van der Waals surface area contributed by atoms with Gasteiger partial charge in [-0.1, -0.05) is 18.2 Å². The molecule has 0 aliphatic rings. The molecular formula is C17H22N8. The molecular weight excluding hydrogens is 316 g/mol. The maximum Gasteiger partial charge on any atom is 0.191 e. The molecule has 3 rings (SSSR count). The highest BCUT2D eigenvalue weighted by molar-refractivity contribution is 5.79. The number of aromatic nitrogens is 5. The molecule has 0 radical (unpaired) electrons. The number of hydrogen-bond acceptors (Lipinski definition) is 4. The number of aryl methyl sites for hydroxylation is 1. The van der Waals surface area contributed by atoms with Crippen LogP contribution in [0.3, 0.4) is 0 Å². The number of aliphatic imine (C=N–C) groups is 1. The molecule has 2 N–H and O–H groups in total. The monoisotopic (exact) mass is 338 g/mol. The summed E-state index contributed by atoms with van der Waals surface area (Å²) in [5.74, 6) is 1.56. The Morgan fingerprint density at radius 1 is 1.16 bits per heavy atom. The molecule has 0 bridgehead atoms. The van der Waals surface area contributed by atoms with Gasteiger partial charge in [0.05, 0.1) is 6.54 Å². The molecule has 0 aliphatic carbocycles. The van der Waals surface area contributed by atoms with Gasteiger partial charge in [-0.3, -0.25) is 14.2 Å². The van der Waals surface area contributed by atoms with Crippen molar-refractivity contribution in [3.8, 4) is 5.69 Å². The van der Waals surface area contributed by atoms with Gasteiger partial charge in [-0.2, -0.15) is 5.10 Å². The van der Waals surface area contributed by atoms with Gasteiger partial charge in [0.2, 0.25) is 0 Å². The van der Waals surface area contributed by atoms with Crippen LogP contribution in [0.5, 0.6) is 0 Å². The lowest BCUT2D eigenvalue weighted by molar-refractivity contribution is 0.570. The summed E-state index contributed by atoms with van der Waals surface area (Å²) in [6, 6.07) is 11.9. The fourth-order valence-corrected chi connectivity index (χ4v) is 2.45. The highest BCUT2D eigenvalue weighted by Gasteiger charge is 2.07. The van der Waals surface area contributed by atoms with Crippen LogP contribution in [0.25, 0.3) is 5.69 Å². The molecule has 0 saturated carbocycles. The molecule has 8 heteroatoms. The lowest BCUT2D eigenvalue weighted by atomic mass is 10.3. The van der Waals surface area contributed by atoms with E-state index in [4.69, 9.17) is 0 Å². The van der Waals surface area contributed by atoms with Crippen molar-refractivity contribution >= 4 is 5.96 Å². The standard InChI is InChI=1S/C17H22N8/c1-18-17(19-9-5-11-24-12-6-10-22-24)20-13-16-23-21-14-25(16)15-7-3-2-4-8-15/h2-4,6-8,10,12,14H,5,9,11,13H2,1H3,(H2,18,19,20). The van der Waals surface area contributed by atoms with E-state index in [1.165, 1.54) is 0 Å². The zero-order chi connectivity index (χ0) is 17.3. The molecule has 0 spiro atoms. The Labute approximate surface area is 146 Å². The topological polar surface area (TPSA) is 84.9 Å². The van der Waals surface area contributed by atoms with Crippen LogP contribution >= 0.6 is 0 Å². The second kappa shape index (κ2) is 8.62. The van der Waals surface area contributed by atoms with Crippen LogP contribution in [0.4, 0.5) is 0 Å². The molecule has 8 nitrogen and oxygen atoms in total. The first kappa shape index (κ1) is 16.7. The summed E-state index contributed by atoms with van der Waals surface area (Å²) in [7, 11) is 1.75. The summed E-state index contributed by atoms with van der Waals surface area (Å²) in [4.78, 5) is 4.24. The van der Waals surface area contributed by atoms with Crippen LogP contribution < -0.4 is 10.6 Å². The van der Waals surface area contributed by atoms with Crippen molar-refractivity contribution in [2.45, 2.75) is 19.5 Å². The quantitative estimate of drug-likeness (QED) is 0.384. The van der Waals surface area contributed by atoms with E-state index < -0.39 is 0 Å². The lowest BCUT2D eigenvalue weighted by Gasteiger charge is -2.12. The number of hydrogen-bond donors (Lipinski definition) is 2. The van der Waals surface area contributed by atoms with Crippen LogP contribution in [-0.4, -0.2) is 44.1 Å². The molecule has 1 aromatic carbocycles. The largest absolute Gasteiger partial charge is 0.356 e. The molecule has 0 aliphatic heterocycles. The number of benzene rings is 1. The van der Waals surface area contributed by atoms with Crippen LogP contribution in [-0.2, 0) is 13.1 Å². The molecule has 0 fully saturated rings. The lowest BCUT2D eigenvalue weighted by Crippen LogP contribution is -2.38. The Balaban J connectivity index is 1.48. The van der Waals surface area contributed by atoms with Crippen LogP contribution in [0.1, 0.15) is 12.2 Å². The number of rotatable bonds is 7. The Morgan fingerprint density at radius 2 is 2.04 bits per heavy atom. The van der Waals surface area contributed by atoms with E-state index in [1.807, 2.05) is 51.8 Å². The van der Waals surface area contributed by atoms with Gasteiger partial charge in [-0.05, 0) is 24.6 Å². The molecule has 0 amide bonds. The molecule has 0 saturated heterocycles. The molecule has 2 heterocycles. The van der Waals surface area contributed by atoms with Crippen LogP contribution in [0.2, 0.25) is 0 Å². The van der Waals surface area contributed by atoms with E-state index in [0.717, 1.165) is 37.0 Å². The fraction of sp³-hybridized carbons (Fsp3) is 0.294. The van der Waals surface area contributed by atoms with Gasteiger partial charge in [-0.15, -0.1) is 10.2 Å². The van der Waals surface area contributed by atoms with Gasteiger partial charge in [0, 0.05) is 38.2 Å². The van der Waals surface area contributed by atoms with E-state index in [-0.39, 0.29) is 0 Å². The van der Waals surface area contributed by atoms with Gasteiger partial charge in [0.15, 0.2) is 11.8 Å². The van der Waals surface area contributed by atoms with E-state index in [9.17, 15) is 0 Å². The van der Waals surface area contributed by atoms with Crippen molar-refractivity contribution in [3.05, 3.63) is 60.9 Å². The smallest absolute Gasteiger partial charge is 0.191 e. The summed E-state index contributed by atoms with van der Waals surface area (Å²) in [6.45, 7) is 2.22. The predicted molar refractivity (Wildman–Crippen MR) is 96.4 cm³/mol. The van der Waals surface area contributed by atoms with E-state index in [2.05, 4.69) is 30.9 Å². The highest BCUT2D eigenvalue weighted by atomic mass is 15.3. The zero-order valence-electron chi connectivity index (χ0n) is 14.2. The third-order valence-electron chi connectivity index (χ3n) is 3.71. The van der Waals surface area contributed by atoms with Crippen molar-refractivity contribution in [3.63, 3.8) is 0 Å². The van der Waals surface area contributed by atoms with Crippen LogP contribution in [0, 0.1) is 0 Å². The molecule has 0 atom stereocenters. The fourth-order valence-electron chi connectivity index (χ4n) is 2.45. The Kier molecular flexibility index (Phi) is 5.76. The maximum absolute atomic E-state index is 4.24. The third-order valence-corrected chi connectivity index (χ3v) is 3.71. The molecule has 130 valence electrons. The first-order valence-electron chi connectivity index (χ1n) is 8.23. The van der Waals surface area contributed by atoms with Gasteiger partial charge >= 0.3 is 0 Å². The molecule has 0 unspecified atom stereocenters. The van der Waals surface area contributed by atoms with Crippen molar-refractivity contribution in [2.24, 2.45) is 4.99 Å². The van der Waals surface area contributed by atoms with E-state index in [0.29, 0.717) is 6.54 Å². The van der Waals surface area contributed by atoms with E-state index >= 15 is 0 Å². The SMILES string of the molecule is CN=C(NCCCn1cccn1)NCc1nncn1-c1ccccc1. The minimum atomic E-state index is 0.535. The van der Waals surface area contributed by atoms with Crippen molar-refractivity contribution < 1.29 is 0 Å². The second-order valence-corrected chi connectivity index (χ2v) is 5.43. The normalized spacial score (nSPS) is 11.5. The number of para-hydroxylation sites is 1. The van der Waals surface area contributed by atoms with E-state index in [1.54, 1.807) is 19.6 Å². The Hall–Kier alpha value is -3.16. The number of nitrogens with zero attached hydrogens (tertiary/aromatic N) is 6. The summed E-state index contributed by atoms with van der Waals surface area (Å²) >= 11 is 0. The van der Waals surface area contributed by atoms with Gasteiger partial charge in [-0.25, -0.2) is 0 Å². The van der Waals surface area contributed by atoms with Gasteiger partial charge in [0.1, 0.15) is 6.33 Å². The minimum absolute atomic E-state index is 0.535. The first-order valence-corrected chi connectivity index (χ1v) is 8.23. The van der Waals surface area contributed by atoms with Crippen molar-refractivity contribution in [2.75, 3.05) is 13.6 Å².